The number of hydrogen-bond acceptors (Lipinski definition) is 4. The molecule has 2 rings (SSSR count). The smallest absolute Gasteiger partial charge is 0.282 e. The Morgan fingerprint density at radius 2 is 2.11 bits per heavy atom. The Hall–Kier alpha value is -1.07. The number of nitrogens with zero attached hydrogens (tertiary/aromatic N) is 1. The molecule has 2 atom stereocenters. The maximum Gasteiger partial charge on any atom is 0.282 e. The maximum atomic E-state index is 11.0. The van der Waals surface area contributed by atoms with Crippen molar-refractivity contribution in [1.29, 1.82) is 0 Å². The third kappa shape index (κ3) is 2.52. The molecule has 1 aromatic rings. The summed E-state index contributed by atoms with van der Waals surface area (Å²) in [6.07, 6.45) is 2.09. The molecule has 18 heavy (non-hydrogen) atoms. The molecule has 1 aliphatic rings. The van der Waals surface area contributed by atoms with E-state index in [1.807, 2.05) is 6.07 Å². The Balaban J connectivity index is 2.18. The summed E-state index contributed by atoms with van der Waals surface area (Å²) >= 11 is 1.55. The van der Waals surface area contributed by atoms with Crippen molar-refractivity contribution in [3.8, 4) is 0 Å². The zero-order valence-corrected chi connectivity index (χ0v) is 11.4. The molecule has 2 unspecified atom stereocenters. The van der Waals surface area contributed by atoms with Gasteiger partial charge in [0.15, 0.2) is 0 Å². The summed E-state index contributed by atoms with van der Waals surface area (Å²) in [5.41, 5.74) is 6.55. The average molecular weight is 266 g/mol. The lowest BCUT2D eigenvalue weighted by Crippen LogP contribution is -2.38. The molecule has 0 aliphatic heterocycles. The molecule has 98 valence electrons. The second-order valence-corrected chi connectivity index (χ2v) is 6.72. The van der Waals surface area contributed by atoms with E-state index in [0.717, 1.165) is 17.7 Å². The first-order chi connectivity index (χ1) is 8.42. The van der Waals surface area contributed by atoms with Crippen LogP contribution in [0, 0.1) is 15.5 Å². The minimum absolute atomic E-state index is 0.0855. The van der Waals surface area contributed by atoms with Gasteiger partial charge in [-0.2, -0.15) is 0 Å². The molecule has 1 aliphatic carbocycles. The van der Waals surface area contributed by atoms with E-state index in [1.165, 1.54) is 0 Å². The van der Waals surface area contributed by atoms with Gasteiger partial charge >= 0.3 is 0 Å². The van der Waals surface area contributed by atoms with Gasteiger partial charge in [0.2, 0.25) is 0 Å². The van der Waals surface area contributed by atoms with Gasteiger partial charge in [-0.1, -0.05) is 26.0 Å². The minimum atomic E-state index is -0.325. The number of para-hydroxylation sites is 1. The van der Waals surface area contributed by atoms with Crippen molar-refractivity contribution in [2.24, 2.45) is 11.1 Å². The van der Waals surface area contributed by atoms with Crippen LogP contribution in [0.5, 0.6) is 0 Å². The van der Waals surface area contributed by atoms with E-state index in [9.17, 15) is 10.1 Å². The fraction of sp³-hybridized carbons (Fsp3) is 0.538. The van der Waals surface area contributed by atoms with E-state index in [4.69, 9.17) is 5.73 Å². The highest BCUT2D eigenvalue weighted by atomic mass is 32.2. The van der Waals surface area contributed by atoms with Crippen LogP contribution in [-0.2, 0) is 0 Å². The SMILES string of the molecule is CC1(C)CCC(Sc2ccccc2[N+](=O)[O-])C1N. The number of benzene rings is 1. The van der Waals surface area contributed by atoms with Gasteiger partial charge in [-0.15, -0.1) is 11.8 Å². The zero-order chi connectivity index (χ0) is 13.3. The van der Waals surface area contributed by atoms with Crippen molar-refractivity contribution in [3.05, 3.63) is 34.4 Å². The van der Waals surface area contributed by atoms with E-state index in [0.29, 0.717) is 0 Å². The Morgan fingerprint density at radius 1 is 1.44 bits per heavy atom. The zero-order valence-electron chi connectivity index (χ0n) is 10.6. The number of nitrogens with two attached hydrogens (primary N) is 1. The molecule has 0 heterocycles. The second-order valence-electron chi connectivity index (χ2n) is 5.43. The summed E-state index contributed by atoms with van der Waals surface area (Å²) in [4.78, 5) is 11.4. The molecule has 1 aromatic carbocycles. The van der Waals surface area contributed by atoms with E-state index in [2.05, 4.69) is 13.8 Å². The summed E-state index contributed by atoms with van der Waals surface area (Å²) < 4.78 is 0. The summed E-state index contributed by atoms with van der Waals surface area (Å²) in [5.74, 6) is 0. The van der Waals surface area contributed by atoms with Crippen molar-refractivity contribution in [3.63, 3.8) is 0 Å². The third-order valence-electron chi connectivity index (χ3n) is 3.72. The van der Waals surface area contributed by atoms with Gasteiger partial charge in [0.1, 0.15) is 0 Å². The van der Waals surface area contributed by atoms with E-state index >= 15 is 0 Å². The van der Waals surface area contributed by atoms with Gasteiger partial charge in [-0.3, -0.25) is 10.1 Å². The largest absolute Gasteiger partial charge is 0.326 e. The van der Waals surface area contributed by atoms with Gasteiger partial charge in [0, 0.05) is 17.4 Å². The quantitative estimate of drug-likeness (QED) is 0.673. The number of rotatable bonds is 3. The fourth-order valence-electron chi connectivity index (χ4n) is 2.37. The molecule has 0 radical (unpaired) electrons. The predicted octanol–water partition coefficient (Wildman–Crippen LogP) is 3.20. The third-order valence-corrected chi connectivity index (χ3v) is 5.15. The molecular weight excluding hydrogens is 248 g/mol. The van der Waals surface area contributed by atoms with E-state index < -0.39 is 0 Å². The normalized spacial score (nSPS) is 26.2. The van der Waals surface area contributed by atoms with Gasteiger partial charge in [0.05, 0.1) is 9.82 Å². The summed E-state index contributed by atoms with van der Waals surface area (Å²) in [7, 11) is 0. The first kappa shape index (κ1) is 13.4. The van der Waals surface area contributed by atoms with Crippen LogP contribution in [0.2, 0.25) is 0 Å². The molecule has 0 saturated heterocycles. The summed E-state index contributed by atoms with van der Waals surface area (Å²) in [5, 5.41) is 11.2. The topological polar surface area (TPSA) is 69.2 Å². The lowest BCUT2D eigenvalue weighted by Gasteiger charge is -2.26. The van der Waals surface area contributed by atoms with Gasteiger partial charge in [-0.25, -0.2) is 0 Å². The van der Waals surface area contributed by atoms with Crippen LogP contribution in [-0.4, -0.2) is 16.2 Å². The number of nitro benzene ring substituents is 1. The van der Waals surface area contributed by atoms with Crippen LogP contribution in [0.4, 0.5) is 5.69 Å². The molecule has 1 fully saturated rings. The predicted molar refractivity (Wildman–Crippen MR) is 73.7 cm³/mol. The van der Waals surface area contributed by atoms with Crippen LogP contribution in [0.25, 0.3) is 0 Å². The summed E-state index contributed by atoms with van der Waals surface area (Å²) in [6, 6.07) is 6.97. The maximum absolute atomic E-state index is 11.0. The highest BCUT2D eigenvalue weighted by Crippen LogP contribution is 2.45. The van der Waals surface area contributed by atoms with Gasteiger partial charge in [0.25, 0.3) is 5.69 Å². The first-order valence-electron chi connectivity index (χ1n) is 6.07. The lowest BCUT2D eigenvalue weighted by molar-refractivity contribution is -0.387. The number of nitro groups is 1. The van der Waals surface area contributed by atoms with Crippen molar-refractivity contribution in [2.45, 2.75) is 42.9 Å². The van der Waals surface area contributed by atoms with Crippen molar-refractivity contribution >= 4 is 17.4 Å². The Morgan fingerprint density at radius 3 is 2.67 bits per heavy atom. The van der Waals surface area contributed by atoms with Crippen molar-refractivity contribution in [2.75, 3.05) is 0 Å². The molecule has 5 heteroatoms. The molecule has 0 aromatic heterocycles. The summed E-state index contributed by atoms with van der Waals surface area (Å²) in [6.45, 7) is 4.33. The van der Waals surface area contributed by atoms with Crippen LogP contribution in [0.1, 0.15) is 26.7 Å². The van der Waals surface area contributed by atoms with Gasteiger partial charge in [-0.05, 0) is 24.3 Å². The average Bonchev–Trinajstić information content (AvgIpc) is 2.57. The molecule has 1 saturated carbocycles. The fourth-order valence-corrected chi connectivity index (χ4v) is 3.86. The first-order valence-corrected chi connectivity index (χ1v) is 6.95. The Bertz CT molecular complexity index is 462. The van der Waals surface area contributed by atoms with E-state index in [-0.39, 0.29) is 27.3 Å². The van der Waals surface area contributed by atoms with Crippen molar-refractivity contribution in [1.82, 2.24) is 0 Å². The Labute approximate surface area is 111 Å². The lowest BCUT2D eigenvalue weighted by atomic mass is 9.88. The van der Waals surface area contributed by atoms with E-state index in [1.54, 1.807) is 30.0 Å². The molecule has 0 amide bonds. The molecule has 4 nitrogen and oxygen atoms in total. The van der Waals surface area contributed by atoms with Crippen LogP contribution in [0.15, 0.2) is 29.2 Å². The monoisotopic (exact) mass is 266 g/mol. The minimum Gasteiger partial charge on any atom is -0.326 e. The molecule has 0 spiro atoms. The number of hydrogen-bond donors (Lipinski definition) is 1. The van der Waals surface area contributed by atoms with Crippen molar-refractivity contribution < 1.29 is 4.92 Å². The molecule has 0 bridgehead atoms. The number of thioether (sulfide) groups is 1. The van der Waals surface area contributed by atoms with Crippen LogP contribution < -0.4 is 5.73 Å². The second kappa shape index (κ2) is 4.90. The van der Waals surface area contributed by atoms with Gasteiger partial charge < -0.3 is 5.73 Å². The highest BCUT2D eigenvalue weighted by molar-refractivity contribution is 8.00. The molecular formula is C13H18N2O2S. The van der Waals surface area contributed by atoms with Crippen LogP contribution in [0.3, 0.4) is 0 Å². The molecule has 2 N–H and O–H groups in total. The standard InChI is InChI=1S/C13H18N2O2S/c1-13(2)8-7-11(12(13)14)18-10-6-4-3-5-9(10)15(16)17/h3-6,11-12H,7-8,14H2,1-2H3. The van der Waals surface area contributed by atoms with Crippen LogP contribution >= 0.6 is 11.8 Å². The highest BCUT2D eigenvalue weighted by Gasteiger charge is 2.40. The Kier molecular flexibility index (Phi) is 3.64.